The van der Waals surface area contributed by atoms with Gasteiger partial charge in [0.15, 0.2) is 0 Å². The van der Waals surface area contributed by atoms with Gasteiger partial charge in [0.1, 0.15) is 5.82 Å². The number of nitrogens with zero attached hydrogens (tertiary/aromatic N) is 3. The predicted octanol–water partition coefficient (Wildman–Crippen LogP) is 1.46. The van der Waals surface area contributed by atoms with Crippen molar-refractivity contribution in [1.82, 2.24) is 14.7 Å². The Bertz CT molecular complexity index is 392. The fraction of sp³-hybridized carbons (Fsp3) is 0.769. The van der Waals surface area contributed by atoms with Gasteiger partial charge >= 0.3 is 0 Å². The number of nitrogen functional groups attached to an aromatic ring is 1. The summed E-state index contributed by atoms with van der Waals surface area (Å²) in [6.45, 7) is 7.72. The molecule has 1 atom stereocenters. The first-order valence-electron chi connectivity index (χ1n) is 6.92. The van der Waals surface area contributed by atoms with Crippen LogP contribution in [0.3, 0.4) is 0 Å². The molecule has 1 saturated heterocycles. The van der Waals surface area contributed by atoms with Crippen LogP contribution in [0.2, 0.25) is 0 Å². The molecule has 0 amide bonds. The SMILES string of the molecule is CCc1nn(C)c(NCC(C)N2CCCC2)c1N. The van der Waals surface area contributed by atoms with Crippen molar-refractivity contribution in [3.63, 3.8) is 0 Å². The van der Waals surface area contributed by atoms with Gasteiger partial charge in [-0.3, -0.25) is 9.58 Å². The first-order valence-corrected chi connectivity index (χ1v) is 6.92. The van der Waals surface area contributed by atoms with Crippen molar-refractivity contribution in [3.05, 3.63) is 5.69 Å². The van der Waals surface area contributed by atoms with Crippen molar-refractivity contribution >= 4 is 11.5 Å². The fourth-order valence-corrected chi connectivity index (χ4v) is 2.62. The largest absolute Gasteiger partial charge is 0.394 e. The number of anilines is 2. The van der Waals surface area contributed by atoms with E-state index >= 15 is 0 Å². The maximum Gasteiger partial charge on any atom is 0.147 e. The second kappa shape index (κ2) is 5.61. The summed E-state index contributed by atoms with van der Waals surface area (Å²) in [6.07, 6.45) is 3.54. The minimum Gasteiger partial charge on any atom is -0.394 e. The van der Waals surface area contributed by atoms with Crippen molar-refractivity contribution < 1.29 is 0 Å². The molecule has 3 N–H and O–H groups in total. The predicted molar refractivity (Wildman–Crippen MR) is 75.8 cm³/mol. The van der Waals surface area contributed by atoms with E-state index in [1.165, 1.54) is 25.9 Å². The van der Waals surface area contributed by atoms with Crippen LogP contribution in [0.4, 0.5) is 11.5 Å². The topological polar surface area (TPSA) is 59.1 Å². The molecule has 0 aliphatic carbocycles. The quantitative estimate of drug-likeness (QED) is 0.832. The molecular weight excluding hydrogens is 226 g/mol. The number of likely N-dealkylation sites (tertiary alicyclic amines) is 1. The molecule has 0 aromatic carbocycles. The monoisotopic (exact) mass is 251 g/mol. The van der Waals surface area contributed by atoms with Gasteiger partial charge in [0.25, 0.3) is 0 Å². The van der Waals surface area contributed by atoms with Gasteiger partial charge in [-0.15, -0.1) is 0 Å². The highest BCUT2D eigenvalue weighted by Crippen LogP contribution is 2.22. The van der Waals surface area contributed by atoms with Crippen LogP contribution in [0.5, 0.6) is 0 Å². The van der Waals surface area contributed by atoms with E-state index in [9.17, 15) is 0 Å². The first-order chi connectivity index (χ1) is 8.63. The van der Waals surface area contributed by atoms with Crippen molar-refractivity contribution in [2.75, 3.05) is 30.7 Å². The average Bonchev–Trinajstić information content (AvgIpc) is 2.96. The van der Waals surface area contributed by atoms with E-state index in [1.807, 2.05) is 11.7 Å². The maximum absolute atomic E-state index is 6.09. The van der Waals surface area contributed by atoms with E-state index in [2.05, 4.69) is 29.2 Å². The summed E-state index contributed by atoms with van der Waals surface area (Å²) in [4.78, 5) is 2.53. The average molecular weight is 251 g/mol. The van der Waals surface area contributed by atoms with E-state index in [4.69, 9.17) is 5.73 Å². The summed E-state index contributed by atoms with van der Waals surface area (Å²) in [5, 5.41) is 7.87. The van der Waals surface area contributed by atoms with E-state index in [-0.39, 0.29) is 0 Å². The summed E-state index contributed by atoms with van der Waals surface area (Å²) >= 11 is 0. The van der Waals surface area contributed by atoms with Gasteiger partial charge in [-0.2, -0.15) is 5.10 Å². The number of hydrogen-bond donors (Lipinski definition) is 2. The second-order valence-electron chi connectivity index (χ2n) is 5.16. The second-order valence-corrected chi connectivity index (χ2v) is 5.16. The molecule has 2 rings (SSSR count). The highest BCUT2D eigenvalue weighted by atomic mass is 15.3. The maximum atomic E-state index is 6.09. The third kappa shape index (κ3) is 2.61. The van der Waals surface area contributed by atoms with Crippen LogP contribution in [-0.2, 0) is 13.5 Å². The van der Waals surface area contributed by atoms with Gasteiger partial charge in [0.05, 0.1) is 11.4 Å². The standard InChI is InChI=1S/C13H25N5/c1-4-11-12(14)13(17(3)16-11)15-9-10(2)18-7-5-6-8-18/h10,15H,4-9,14H2,1-3H3. The zero-order valence-electron chi connectivity index (χ0n) is 11.7. The summed E-state index contributed by atoms with van der Waals surface area (Å²) in [5.74, 6) is 0.956. The minimum atomic E-state index is 0.548. The van der Waals surface area contributed by atoms with Gasteiger partial charge in [0.2, 0.25) is 0 Å². The molecule has 1 fully saturated rings. The third-order valence-corrected chi connectivity index (χ3v) is 3.82. The zero-order valence-corrected chi connectivity index (χ0v) is 11.7. The molecule has 1 aliphatic rings. The van der Waals surface area contributed by atoms with Crippen LogP contribution in [0.25, 0.3) is 0 Å². The zero-order chi connectivity index (χ0) is 13.1. The van der Waals surface area contributed by atoms with E-state index in [1.54, 1.807) is 0 Å². The van der Waals surface area contributed by atoms with Gasteiger partial charge in [0, 0.05) is 19.6 Å². The van der Waals surface area contributed by atoms with Crippen molar-refractivity contribution in [1.29, 1.82) is 0 Å². The molecule has 5 heteroatoms. The van der Waals surface area contributed by atoms with Gasteiger partial charge in [-0.25, -0.2) is 0 Å². The fourth-order valence-electron chi connectivity index (χ4n) is 2.62. The van der Waals surface area contributed by atoms with E-state index in [0.29, 0.717) is 6.04 Å². The Hall–Kier alpha value is -1.23. The van der Waals surface area contributed by atoms with Crippen LogP contribution < -0.4 is 11.1 Å². The van der Waals surface area contributed by atoms with Gasteiger partial charge in [-0.05, 0) is 39.3 Å². The number of aromatic nitrogens is 2. The molecule has 1 aliphatic heterocycles. The van der Waals surface area contributed by atoms with E-state index in [0.717, 1.165) is 30.2 Å². The summed E-state index contributed by atoms with van der Waals surface area (Å²) in [5.41, 5.74) is 7.87. The Morgan fingerprint density at radius 3 is 2.61 bits per heavy atom. The number of nitrogens with one attached hydrogen (secondary N) is 1. The molecule has 18 heavy (non-hydrogen) atoms. The molecule has 1 aromatic rings. The summed E-state index contributed by atoms with van der Waals surface area (Å²) in [6, 6.07) is 0.548. The molecule has 2 heterocycles. The Kier molecular flexibility index (Phi) is 4.11. The van der Waals surface area contributed by atoms with Gasteiger partial charge < -0.3 is 11.1 Å². The molecule has 1 aromatic heterocycles. The molecule has 102 valence electrons. The molecule has 1 unspecified atom stereocenters. The van der Waals surface area contributed by atoms with Gasteiger partial charge in [-0.1, -0.05) is 6.92 Å². The highest BCUT2D eigenvalue weighted by Gasteiger charge is 2.19. The first kappa shape index (κ1) is 13.2. The lowest BCUT2D eigenvalue weighted by Crippen LogP contribution is -2.35. The Morgan fingerprint density at radius 2 is 2.06 bits per heavy atom. The van der Waals surface area contributed by atoms with Crippen molar-refractivity contribution in [3.8, 4) is 0 Å². The number of nitrogens with two attached hydrogens (primary N) is 1. The molecule has 0 spiro atoms. The Morgan fingerprint density at radius 1 is 1.39 bits per heavy atom. The molecule has 5 nitrogen and oxygen atoms in total. The van der Waals surface area contributed by atoms with Crippen LogP contribution in [0, 0.1) is 0 Å². The minimum absolute atomic E-state index is 0.548. The Balaban J connectivity index is 1.95. The van der Waals surface area contributed by atoms with Crippen molar-refractivity contribution in [2.24, 2.45) is 7.05 Å². The summed E-state index contributed by atoms with van der Waals surface area (Å²) in [7, 11) is 1.94. The smallest absolute Gasteiger partial charge is 0.147 e. The third-order valence-electron chi connectivity index (χ3n) is 3.82. The molecular formula is C13H25N5. The number of aryl methyl sites for hydroxylation is 2. The summed E-state index contributed by atoms with van der Waals surface area (Å²) < 4.78 is 1.85. The highest BCUT2D eigenvalue weighted by molar-refractivity contribution is 5.65. The molecule has 0 saturated carbocycles. The number of hydrogen-bond acceptors (Lipinski definition) is 4. The van der Waals surface area contributed by atoms with Crippen LogP contribution in [0.1, 0.15) is 32.4 Å². The Labute approximate surface area is 109 Å². The van der Waals surface area contributed by atoms with Crippen LogP contribution in [-0.4, -0.2) is 40.4 Å². The van der Waals surface area contributed by atoms with Crippen LogP contribution >= 0.6 is 0 Å². The van der Waals surface area contributed by atoms with E-state index < -0.39 is 0 Å². The number of rotatable bonds is 5. The normalized spacial score (nSPS) is 18.2. The lowest BCUT2D eigenvalue weighted by Gasteiger charge is -2.24. The molecule has 0 bridgehead atoms. The van der Waals surface area contributed by atoms with Crippen molar-refractivity contribution in [2.45, 2.75) is 39.2 Å². The lowest BCUT2D eigenvalue weighted by atomic mass is 10.2. The lowest BCUT2D eigenvalue weighted by molar-refractivity contribution is 0.269. The molecule has 0 radical (unpaired) electrons. The van der Waals surface area contributed by atoms with Crippen LogP contribution in [0.15, 0.2) is 0 Å².